The van der Waals surface area contributed by atoms with Gasteiger partial charge in [0, 0.05) is 18.8 Å². The fourth-order valence-corrected chi connectivity index (χ4v) is 1.63. The minimum atomic E-state index is -0.237. The van der Waals surface area contributed by atoms with Crippen molar-refractivity contribution in [3.63, 3.8) is 0 Å². The molecule has 0 radical (unpaired) electrons. The molecule has 0 aliphatic heterocycles. The summed E-state index contributed by atoms with van der Waals surface area (Å²) in [6, 6.07) is 4.97. The van der Waals surface area contributed by atoms with Crippen LogP contribution in [0.5, 0.6) is 5.75 Å². The maximum Gasteiger partial charge on any atom is 0.238 e. The SMILES string of the molecule is CNC(=O)CN(C)CC(=O)Nc1ccc(N)cc1OC. The zero-order valence-corrected chi connectivity index (χ0v) is 11.9. The number of anilines is 2. The summed E-state index contributed by atoms with van der Waals surface area (Å²) in [7, 11) is 4.74. The van der Waals surface area contributed by atoms with Gasteiger partial charge in [0.2, 0.25) is 11.8 Å². The zero-order valence-electron chi connectivity index (χ0n) is 11.9. The van der Waals surface area contributed by atoms with Gasteiger partial charge in [0.25, 0.3) is 0 Å². The number of nitrogen functional groups attached to an aromatic ring is 1. The Balaban J connectivity index is 2.60. The lowest BCUT2D eigenvalue weighted by molar-refractivity contribution is -0.122. The minimum Gasteiger partial charge on any atom is -0.494 e. The fraction of sp³-hybridized carbons (Fsp3) is 0.385. The van der Waals surface area contributed by atoms with Crippen LogP contribution in [0.4, 0.5) is 11.4 Å². The van der Waals surface area contributed by atoms with Crippen molar-refractivity contribution in [1.82, 2.24) is 10.2 Å². The van der Waals surface area contributed by atoms with Gasteiger partial charge in [-0.15, -0.1) is 0 Å². The average molecular weight is 280 g/mol. The molecule has 2 amide bonds. The molecule has 1 aromatic rings. The number of amides is 2. The number of nitrogens with zero attached hydrogens (tertiary/aromatic N) is 1. The number of benzene rings is 1. The maximum atomic E-state index is 11.9. The number of hydrogen-bond donors (Lipinski definition) is 3. The molecule has 7 heteroatoms. The molecule has 0 aromatic heterocycles. The number of nitrogens with two attached hydrogens (primary N) is 1. The van der Waals surface area contributed by atoms with E-state index in [9.17, 15) is 9.59 Å². The summed E-state index contributed by atoms with van der Waals surface area (Å²) in [4.78, 5) is 24.7. The normalized spacial score (nSPS) is 10.2. The molecule has 0 saturated heterocycles. The van der Waals surface area contributed by atoms with E-state index < -0.39 is 0 Å². The quantitative estimate of drug-likeness (QED) is 0.632. The largest absolute Gasteiger partial charge is 0.494 e. The molecule has 0 saturated carbocycles. The number of nitrogens with one attached hydrogen (secondary N) is 2. The van der Waals surface area contributed by atoms with Crippen molar-refractivity contribution in [3.05, 3.63) is 18.2 Å². The highest BCUT2D eigenvalue weighted by Gasteiger charge is 2.12. The summed E-state index contributed by atoms with van der Waals surface area (Å²) in [6.45, 7) is 0.254. The highest BCUT2D eigenvalue weighted by molar-refractivity contribution is 5.94. The van der Waals surface area contributed by atoms with E-state index in [0.717, 1.165) is 0 Å². The summed E-state index contributed by atoms with van der Waals surface area (Å²) >= 11 is 0. The van der Waals surface area contributed by atoms with E-state index in [1.165, 1.54) is 7.11 Å². The van der Waals surface area contributed by atoms with E-state index in [-0.39, 0.29) is 24.9 Å². The summed E-state index contributed by atoms with van der Waals surface area (Å²) in [6.07, 6.45) is 0. The fourth-order valence-electron chi connectivity index (χ4n) is 1.63. The first-order chi connectivity index (χ1) is 9.46. The zero-order chi connectivity index (χ0) is 15.1. The van der Waals surface area contributed by atoms with Gasteiger partial charge in [-0.2, -0.15) is 0 Å². The highest BCUT2D eigenvalue weighted by Crippen LogP contribution is 2.26. The summed E-state index contributed by atoms with van der Waals surface area (Å²) in [5, 5.41) is 5.22. The van der Waals surface area contributed by atoms with Crippen molar-refractivity contribution in [1.29, 1.82) is 0 Å². The third-order valence-corrected chi connectivity index (χ3v) is 2.61. The molecule has 1 rings (SSSR count). The van der Waals surface area contributed by atoms with Crippen LogP contribution in [-0.4, -0.2) is 51.0 Å². The van der Waals surface area contributed by atoms with Crippen LogP contribution in [0.25, 0.3) is 0 Å². The molecule has 0 atom stereocenters. The average Bonchev–Trinajstić information content (AvgIpc) is 2.40. The molecule has 0 spiro atoms. The van der Waals surface area contributed by atoms with Crippen molar-refractivity contribution in [2.24, 2.45) is 0 Å². The Morgan fingerprint density at radius 2 is 1.95 bits per heavy atom. The molecule has 0 aliphatic rings. The molecular formula is C13H20N4O3. The molecule has 110 valence electrons. The third-order valence-electron chi connectivity index (χ3n) is 2.61. The Labute approximate surface area is 118 Å². The second-order valence-electron chi connectivity index (χ2n) is 4.35. The van der Waals surface area contributed by atoms with Crippen LogP contribution in [-0.2, 0) is 9.59 Å². The van der Waals surface area contributed by atoms with Crippen LogP contribution in [0.15, 0.2) is 18.2 Å². The van der Waals surface area contributed by atoms with Gasteiger partial charge in [-0.25, -0.2) is 0 Å². The molecule has 0 aliphatic carbocycles. The van der Waals surface area contributed by atoms with E-state index in [1.54, 1.807) is 37.2 Å². The Morgan fingerprint density at radius 1 is 1.30 bits per heavy atom. The van der Waals surface area contributed by atoms with Gasteiger partial charge in [0.15, 0.2) is 0 Å². The maximum absolute atomic E-state index is 11.9. The number of likely N-dealkylation sites (N-methyl/N-ethyl adjacent to an activating group) is 2. The monoisotopic (exact) mass is 280 g/mol. The predicted octanol–water partition coefficient (Wildman–Crippen LogP) is -0.106. The molecular weight excluding hydrogens is 260 g/mol. The number of ether oxygens (including phenoxy) is 1. The van der Waals surface area contributed by atoms with Crippen molar-refractivity contribution in [2.75, 3.05) is 45.3 Å². The molecule has 7 nitrogen and oxygen atoms in total. The van der Waals surface area contributed by atoms with Crippen LogP contribution >= 0.6 is 0 Å². The Morgan fingerprint density at radius 3 is 2.55 bits per heavy atom. The molecule has 0 heterocycles. The van der Waals surface area contributed by atoms with Crippen molar-refractivity contribution < 1.29 is 14.3 Å². The van der Waals surface area contributed by atoms with Gasteiger partial charge in [-0.05, 0) is 19.2 Å². The third kappa shape index (κ3) is 4.77. The number of methoxy groups -OCH3 is 1. The number of rotatable bonds is 6. The number of carbonyl (C=O) groups is 2. The lowest BCUT2D eigenvalue weighted by atomic mass is 10.2. The van der Waals surface area contributed by atoms with Crippen LogP contribution < -0.4 is 21.1 Å². The van der Waals surface area contributed by atoms with Gasteiger partial charge in [0.05, 0.1) is 25.9 Å². The Hall–Kier alpha value is -2.28. The first-order valence-electron chi connectivity index (χ1n) is 6.08. The second-order valence-corrected chi connectivity index (χ2v) is 4.35. The van der Waals surface area contributed by atoms with Gasteiger partial charge in [-0.1, -0.05) is 0 Å². The first kappa shape index (κ1) is 15.8. The molecule has 20 heavy (non-hydrogen) atoms. The minimum absolute atomic E-state index is 0.0982. The molecule has 4 N–H and O–H groups in total. The second kappa shape index (κ2) is 7.34. The van der Waals surface area contributed by atoms with E-state index >= 15 is 0 Å². The van der Waals surface area contributed by atoms with Crippen LogP contribution in [0.3, 0.4) is 0 Å². The molecule has 1 aromatic carbocycles. The van der Waals surface area contributed by atoms with E-state index in [4.69, 9.17) is 10.5 Å². The summed E-state index contributed by atoms with van der Waals surface area (Å²) in [5.41, 5.74) is 6.73. The van der Waals surface area contributed by atoms with Crippen LogP contribution in [0, 0.1) is 0 Å². The standard InChI is InChI=1S/C13H20N4O3/c1-15-12(18)7-17(2)8-13(19)16-10-5-4-9(14)6-11(10)20-3/h4-6H,7-8,14H2,1-3H3,(H,15,18)(H,16,19). The van der Waals surface area contributed by atoms with Crippen LogP contribution in [0.2, 0.25) is 0 Å². The van der Waals surface area contributed by atoms with Gasteiger partial charge in [0.1, 0.15) is 5.75 Å². The Bertz CT molecular complexity index is 491. The van der Waals surface area contributed by atoms with Crippen LogP contribution in [0.1, 0.15) is 0 Å². The predicted molar refractivity (Wildman–Crippen MR) is 77.6 cm³/mol. The summed E-state index contributed by atoms with van der Waals surface area (Å²) in [5.74, 6) is 0.108. The van der Waals surface area contributed by atoms with Crippen molar-refractivity contribution in [3.8, 4) is 5.75 Å². The lowest BCUT2D eigenvalue weighted by Gasteiger charge is -2.16. The van der Waals surface area contributed by atoms with E-state index in [0.29, 0.717) is 17.1 Å². The van der Waals surface area contributed by atoms with Crippen molar-refractivity contribution >= 4 is 23.2 Å². The van der Waals surface area contributed by atoms with Gasteiger partial charge >= 0.3 is 0 Å². The van der Waals surface area contributed by atoms with Crippen molar-refractivity contribution in [2.45, 2.75) is 0 Å². The summed E-state index contributed by atoms with van der Waals surface area (Å²) < 4.78 is 5.14. The number of hydrogen-bond acceptors (Lipinski definition) is 5. The molecule has 0 fully saturated rings. The van der Waals surface area contributed by atoms with Gasteiger partial charge < -0.3 is 21.1 Å². The van der Waals surface area contributed by atoms with E-state index in [2.05, 4.69) is 10.6 Å². The number of carbonyl (C=O) groups excluding carboxylic acids is 2. The lowest BCUT2D eigenvalue weighted by Crippen LogP contribution is -2.37. The smallest absolute Gasteiger partial charge is 0.238 e. The molecule has 0 unspecified atom stereocenters. The topological polar surface area (TPSA) is 96.7 Å². The highest BCUT2D eigenvalue weighted by atomic mass is 16.5. The van der Waals surface area contributed by atoms with Gasteiger partial charge in [-0.3, -0.25) is 14.5 Å². The van der Waals surface area contributed by atoms with E-state index in [1.807, 2.05) is 0 Å². The Kier molecular flexibility index (Phi) is 5.79. The first-order valence-corrected chi connectivity index (χ1v) is 6.08. The molecule has 0 bridgehead atoms.